The van der Waals surface area contributed by atoms with Crippen LogP contribution in [0.2, 0.25) is 0 Å². The van der Waals surface area contributed by atoms with Crippen molar-refractivity contribution in [3.63, 3.8) is 0 Å². The van der Waals surface area contributed by atoms with Crippen LogP contribution in [0, 0.1) is 0 Å². The predicted molar refractivity (Wildman–Crippen MR) is 71.7 cm³/mol. The smallest absolute Gasteiger partial charge is 0.328 e. The maximum Gasteiger partial charge on any atom is 0.328 e. The lowest BCUT2D eigenvalue weighted by atomic mass is 10.2. The summed E-state index contributed by atoms with van der Waals surface area (Å²) in [6, 6.07) is 8.22. The first-order chi connectivity index (χ1) is 8.15. The normalized spacial score (nSPS) is 11.7. The Balaban J connectivity index is 2.06. The first kappa shape index (κ1) is 11.7. The maximum absolute atomic E-state index is 10.5. The van der Waals surface area contributed by atoms with Gasteiger partial charge in [-0.15, -0.1) is 11.3 Å². The van der Waals surface area contributed by atoms with Gasteiger partial charge in [-0.05, 0) is 47.5 Å². The molecular formula is C13H13NO2S. The lowest BCUT2D eigenvalue weighted by Gasteiger charge is -2.06. The van der Waals surface area contributed by atoms with Crippen LogP contribution in [0.5, 0.6) is 0 Å². The van der Waals surface area contributed by atoms with Crippen LogP contribution in [0.3, 0.4) is 0 Å². The number of carboxylic acid groups (broad SMARTS) is 1. The molecule has 0 aliphatic carbocycles. The number of fused-ring (bicyclic) bond motifs is 1. The van der Waals surface area contributed by atoms with Crippen LogP contribution in [-0.4, -0.2) is 17.6 Å². The SMILES string of the molecule is C/C(=C/C(=O)O)CNc1ccc2sccc2c1. The van der Waals surface area contributed by atoms with Crippen LogP contribution < -0.4 is 5.32 Å². The number of hydrogen-bond donors (Lipinski definition) is 2. The summed E-state index contributed by atoms with van der Waals surface area (Å²) in [7, 11) is 0. The summed E-state index contributed by atoms with van der Waals surface area (Å²) < 4.78 is 1.26. The van der Waals surface area contributed by atoms with Gasteiger partial charge < -0.3 is 10.4 Å². The van der Waals surface area contributed by atoms with Crippen molar-refractivity contribution in [3.05, 3.63) is 41.3 Å². The minimum absolute atomic E-state index is 0.544. The summed E-state index contributed by atoms with van der Waals surface area (Å²) >= 11 is 1.71. The third-order valence-corrected chi connectivity index (χ3v) is 3.29. The number of anilines is 1. The monoisotopic (exact) mass is 247 g/mol. The molecule has 0 fully saturated rings. The van der Waals surface area contributed by atoms with E-state index in [9.17, 15) is 4.79 Å². The summed E-state index contributed by atoms with van der Waals surface area (Å²) in [6.07, 6.45) is 1.22. The molecule has 0 radical (unpaired) electrons. The molecule has 2 rings (SSSR count). The van der Waals surface area contributed by atoms with Gasteiger partial charge in [-0.25, -0.2) is 4.79 Å². The van der Waals surface area contributed by atoms with E-state index in [1.165, 1.54) is 16.2 Å². The number of thiophene rings is 1. The van der Waals surface area contributed by atoms with Gasteiger partial charge in [-0.2, -0.15) is 0 Å². The third-order valence-electron chi connectivity index (χ3n) is 2.39. The molecule has 0 aliphatic heterocycles. The van der Waals surface area contributed by atoms with E-state index in [0.29, 0.717) is 6.54 Å². The Bertz CT molecular complexity index is 572. The highest BCUT2D eigenvalue weighted by Crippen LogP contribution is 2.23. The molecule has 0 saturated carbocycles. The first-order valence-corrected chi connectivity index (χ1v) is 6.14. The van der Waals surface area contributed by atoms with E-state index >= 15 is 0 Å². The van der Waals surface area contributed by atoms with Crippen LogP contribution in [-0.2, 0) is 4.79 Å². The molecule has 0 unspecified atom stereocenters. The zero-order valence-corrected chi connectivity index (χ0v) is 10.3. The number of rotatable bonds is 4. The van der Waals surface area contributed by atoms with Gasteiger partial charge in [0.15, 0.2) is 0 Å². The summed E-state index contributed by atoms with van der Waals surface area (Å²) in [5.41, 5.74) is 1.80. The average molecular weight is 247 g/mol. The Labute approximate surface area is 103 Å². The number of aliphatic carboxylic acids is 1. The Morgan fingerprint density at radius 3 is 3.06 bits per heavy atom. The van der Waals surface area contributed by atoms with Crippen molar-refractivity contribution in [1.29, 1.82) is 0 Å². The summed E-state index contributed by atoms with van der Waals surface area (Å²) in [6.45, 7) is 2.34. The summed E-state index contributed by atoms with van der Waals surface area (Å²) in [5, 5.41) is 15.1. The van der Waals surface area contributed by atoms with Crippen LogP contribution >= 0.6 is 11.3 Å². The van der Waals surface area contributed by atoms with Crippen molar-refractivity contribution < 1.29 is 9.90 Å². The Kier molecular flexibility index (Phi) is 3.44. The maximum atomic E-state index is 10.5. The third kappa shape index (κ3) is 3.07. The van der Waals surface area contributed by atoms with E-state index in [1.54, 1.807) is 18.3 Å². The van der Waals surface area contributed by atoms with Crippen LogP contribution in [0.25, 0.3) is 10.1 Å². The average Bonchev–Trinajstić information content (AvgIpc) is 2.72. The van der Waals surface area contributed by atoms with Gasteiger partial charge in [-0.3, -0.25) is 0 Å². The highest BCUT2D eigenvalue weighted by molar-refractivity contribution is 7.17. The van der Waals surface area contributed by atoms with Crippen LogP contribution in [0.1, 0.15) is 6.92 Å². The van der Waals surface area contributed by atoms with E-state index in [-0.39, 0.29) is 0 Å². The Hall–Kier alpha value is -1.81. The fourth-order valence-electron chi connectivity index (χ4n) is 1.58. The minimum Gasteiger partial charge on any atom is -0.478 e. The van der Waals surface area contributed by atoms with Crippen LogP contribution in [0.4, 0.5) is 5.69 Å². The van der Waals surface area contributed by atoms with Gasteiger partial charge in [0.1, 0.15) is 0 Å². The zero-order chi connectivity index (χ0) is 12.3. The zero-order valence-electron chi connectivity index (χ0n) is 9.43. The van der Waals surface area contributed by atoms with Crippen molar-refractivity contribution in [1.82, 2.24) is 0 Å². The molecule has 1 aromatic carbocycles. The lowest BCUT2D eigenvalue weighted by Crippen LogP contribution is -2.04. The molecule has 0 saturated heterocycles. The molecule has 3 nitrogen and oxygen atoms in total. The van der Waals surface area contributed by atoms with E-state index in [0.717, 1.165) is 11.3 Å². The lowest BCUT2D eigenvalue weighted by molar-refractivity contribution is -0.131. The number of carboxylic acids is 1. The number of hydrogen-bond acceptors (Lipinski definition) is 3. The molecule has 0 spiro atoms. The first-order valence-electron chi connectivity index (χ1n) is 5.26. The van der Waals surface area contributed by atoms with Crippen molar-refractivity contribution in [2.45, 2.75) is 6.92 Å². The summed E-state index contributed by atoms with van der Waals surface area (Å²) in [4.78, 5) is 10.5. The van der Waals surface area contributed by atoms with Crippen LogP contribution in [0.15, 0.2) is 41.3 Å². The van der Waals surface area contributed by atoms with Crippen molar-refractivity contribution >= 4 is 33.1 Å². The van der Waals surface area contributed by atoms with E-state index in [1.807, 2.05) is 6.07 Å². The predicted octanol–water partition coefficient (Wildman–Crippen LogP) is 3.34. The van der Waals surface area contributed by atoms with Gasteiger partial charge in [0.2, 0.25) is 0 Å². The molecule has 0 bridgehead atoms. The second-order valence-electron chi connectivity index (χ2n) is 3.86. The quantitative estimate of drug-likeness (QED) is 0.815. The highest BCUT2D eigenvalue weighted by Gasteiger charge is 1.98. The largest absolute Gasteiger partial charge is 0.478 e. The minimum atomic E-state index is -0.905. The molecule has 88 valence electrons. The molecule has 0 atom stereocenters. The van der Waals surface area contributed by atoms with Crippen molar-refractivity contribution in [3.8, 4) is 0 Å². The molecular weight excluding hydrogens is 234 g/mol. The van der Waals surface area contributed by atoms with Gasteiger partial charge in [0.05, 0.1) is 0 Å². The van der Waals surface area contributed by atoms with Crippen molar-refractivity contribution in [2.24, 2.45) is 0 Å². The Morgan fingerprint density at radius 2 is 2.29 bits per heavy atom. The Morgan fingerprint density at radius 1 is 1.47 bits per heavy atom. The molecule has 4 heteroatoms. The molecule has 0 amide bonds. The molecule has 1 aromatic heterocycles. The molecule has 1 heterocycles. The van der Waals surface area contributed by atoms with Gasteiger partial charge in [0.25, 0.3) is 0 Å². The fourth-order valence-corrected chi connectivity index (χ4v) is 2.35. The topological polar surface area (TPSA) is 49.3 Å². The fraction of sp³-hybridized carbons (Fsp3) is 0.154. The molecule has 2 N–H and O–H groups in total. The van der Waals surface area contributed by atoms with E-state index in [2.05, 4.69) is 28.9 Å². The molecule has 0 aliphatic rings. The van der Waals surface area contributed by atoms with Gasteiger partial charge in [0, 0.05) is 23.0 Å². The summed E-state index contributed by atoms with van der Waals surface area (Å²) in [5.74, 6) is -0.905. The molecule has 2 aromatic rings. The van der Waals surface area contributed by atoms with E-state index in [4.69, 9.17) is 5.11 Å². The van der Waals surface area contributed by atoms with Crippen molar-refractivity contribution in [2.75, 3.05) is 11.9 Å². The number of benzene rings is 1. The van der Waals surface area contributed by atoms with Gasteiger partial charge in [-0.1, -0.05) is 0 Å². The van der Waals surface area contributed by atoms with E-state index < -0.39 is 5.97 Å². The van der Waals surface area contributed by atoms with Gasteiger partial charge >= 0.3 is 5.97 Å². The second-order valence-corrected chi connectivity index (χ2v) is 4.80. The highest BCUT2D eigenvalue weighted by atomic mass is 32.1. The number of carbonyl (C=O) groups is 1. The second kappa shape index (κ2) is 5.01. The standard InChI is InChI=1S/C13H13NO2S/c1-9(6-13(15)16)8-14-11-2-3-12-10(7-11)4-5-17-12/h2-7,14H,8H2,1H3,(H,15,16)/b9-6-. The molecule has 17 heavy (non-hydrogen) atoms. The number of nitrogens with one attached hydrogen (secondary N) is 1.